The summed E-state index contributed by atoms with van der Waals surface area (Å²) in [6, 6.07) is 21.3. The molecule has 4 aromatic rings. The first-order valence-electron chi connectivity index (χ1n) is 11.0. The molecule has 0 aliphatic carbocycles. The van der Waals surface area contributed by atoms with Gasteiger partial charge < -0.3 is 10.2 Å². The highest BCUT2D eigenvalue weighted by Gasteiger charge is 2.21. The SMILES string of the molecule is O=C(Cc1sc(-c2ccccc2)nc1-c1cccs1)Nc1cccc(C(=O)N2CCCC2)c1. The lowest BCUT2D eigenvalue weighted by Gasteiger charge is -2.15. The third-order valence-electron chi connectivity index (χ3n) is 5.58. The van der Waals surface area contributed by atoms with Gasteiger partial charge in [-0.15, -0.1) is 22.7 Å². The molecule has 0 bridgehead atoms. The molecule has 33 heavy (non-hydrogen) atoms. The van der Waals surface area contributed by atoms with Crippen LogP contribution in [0.4, 0.5) is 5.69 Å². The second-order valence-corrected chi connectivity index (χ2v) is 9.97. The number of thiazole rings is 1. The van der Waals surface area contributed by atoms with Gasteiger partial charge in [0.05, 0.1) is 17.0 Å². The van der Waals surface area contributed by atoms with E-state index in [4.69, 9.17) is 4.98 Å². The van der Waals surface area contributed by atoms with E-state index in [2.05, 4.69) is 5.32 Å². The van der Waals surface area contributed by atoms with Crippen molar-refractivity contribution in [3.63, 3.8) is 0 Å². The van der Waals surface area contributed by atoms with E-state index in [-0.39, 0.29) is 18.2 Å². The summed E-state index contributed by atoms with van der Waals surface area (Å²) in [5, 5.41) is 5.89. The van der Waals surface area contributed by atoms with Crippen LogP contribution in [0.3, 0.4) is 0 Å². The Morgan fingerprint density at radius 3 is 2.55 bits per heavy atom. The van der Waals surface area contributed by atoms with Crippen LogP contribution < -0.4 is 5.32 Å². The molecule has 0 saturated carbocycles. The Hall–Kier alpha value is -3.29. The van der Waals surface area contributed by atoms with Crippen LogP contribution in [0, 0.1) is 0 Å². The Morgan fingerprint density at radius 2 is 1.79 bits per heavy atom. The van der Waals surface area contributed by atoms with E-state index >= 15 is 0 Å². The van der Waals surface area contributed by atoms with Crippen molar-refractivity contribution < 1.29 is 9.59 Å². The van der Waals surface area contributed by atoms with Crippen molar-refractivity contribution in [3.8, 4) is 21.1 Å². The normalized spacial score (nSPS) is 13.3. The van der Waals surface area contributed by atoms with Crippen molar-refractivity contribution in [3.05, 3.63) is 82.6 Å². The maximum Gasteiger partial charge on any atom is 0.253 e. The fraction of sp³-hybridized carbons (Fsp3) is 0.192. The van der Waals surface area contributed by atoms with Crippen LogP contribution >= 0.6 is 22.7 Å². The van der Waals surface area contributed by atoms with Gasteiger partial charge in [-0.2, -0.15) is 0 Å². The highest BCUT2D eigenvalue weighted by atomic mass is 32.1. The number of nitrogens with one attached hydrogen (secondary N) is 1. The number of benzene rings is 2. The minimum atomic E-state index is -0.123. The third kappa shape index (κ3) is 4.89. The summed E-state index contributed by atoms with van der Waals surface area (Å²) in [7, 11) is 0. The van der Waals surface area contributed by atoms with Crippen LogP contribution in [0.2, 0.25) is 0 Å². The molecule has 2 amide bonds. The highest BCUT2D eigenvalue weighted by molar-refractivity contribution is 7.17. The Kier molecular flexibility index (Phi) is 6.32. The number of rotatable bonds is 6. The van der Waals surface area contributed by atoms with Gasteiger partial charge in [0.1, 0.15) is 5.01 Å². The number of hydrogen-bond acceptors (Lipinski definition) is 5. The van der Waals surface area contributed by atoms with Crippen LogP contribution in [0.1, 0.15) is 28.1 Å². The number of hydrogen-bond donors (Lipinski definition) is 1. The zero-order valence-electron chi connectivity index (χ0n) is 18.0. The largest absolute Gasteiger partial charge is 0.339 e. The van der Waals surface area contributed by atoms with E-state index < -0.39 is 0 Å². The maximum atomic E-state index is 13.0. The molecule has 1 N–H and O–H groups in total. The molecule has 1 aliphatic heterocycles. The van der Waals surface area contributed by atoms with Crippen LogP contribution in [-0.4, -0.2) is 34.8 Å². The second kappa shape index (κ2) is 9.68. The molecule has 3 heterocycles. The molecular weight excluding hydrogens is 450 g/mol. The summed E-state index contributed by atoms with van der Waals surface area (Å²) >= 11 is 3.17. The fourth-order valence-corrected chi connectivity index (χ4v) is 5.85. The van der Waals surface area contributed by atoms with Gasteiger partial charge in [-0.1, -0.05) is 42.5 Å². The predicted octanol–water partition coefficient (Wildman–Crippen LogP) is 5.96. The van der Waals surface area contributed by atoms with Crippen molar-refractivity contribution in [1.29, 1.82) is 0 Å². The molecule has 1 saturated heterocycles. The van der Waals surface area contributed by atoms with E-state index in [0.717, 1.165) is 52.0 Å². The summed E-state index contributed by atoms with van der Waals surface area (Å²) < 4.78 is 0. The standard InChI is InChI=1S/C26H23N3O2S2/c30-23(27-20-11-6-10-19(16-20)26(31)29-13-4-5-14-29)17-22-24(21-12-7-15-32-21)28-25(33-22)18-8-2-1-3-9-18/h1-3,6-12,15-16H,4-5,13-14,17H2,(H,27,30). The van der Waals surface area contributed by atoms with Gasteiger partial charge in [-0.3, -0.25) is 9.59 Å². The van der Waals surface area contributed by atoms with Crippen molar-refractivity contribution in [2.75, 3.05) is 18.4 Å². The summed E-state index contributed by atoms with van der Waals surface area (Å²) in [5.41, 5.74) is 3.15. The van der Waals surface area contributed by atoms with Gasteiger partial charge in [-0.05, 0) is 42.5 Å². The van der Waals surface area contributed by atoms with Crippen LogP contribution in [0.15, 0.2) is 72.1 Å². The second-order valence-electron chi connectivity index (χ2n) is 7.94. The number of thiophene rings is 1. The van der Waals surface area contributed by atoms with Crippen LogP contribution in [-0.2, 0) is 11.2 Å². The van der Waals surface area contributed by atoms with Crippen molar-refractivity contribution >= 4 is 40.2 Å². The summed E-state index contributed by atoms with van der Waals surface area (Å²) in [6.45, 7) is 1.60. The number of likely N-dealkylation sites (tertiary alicyclic amines) is 1. The van der Waals surface area contributed by atoms with Crippen LogP contribution in [0.25, 0.3) is 21.1 Å². The molecule has 0 atom stereocenters. The third-order valence-corrected chi connectivity index (χ3v) is 7.56. The molecule has 2 aromatic heterocycles. The minimum Gasteiger partial charge on any atom is -0.339 e. The van der Waals surface area contributed by atoms with Gasteiger partial charge in [0.15, 0.2) is 0 Å². The average Bonchev–Trinajstić information content (AvgIpc) is 3.61. The molecule has 1 aliphatic rings. The fourth-order valence-electron chi connectivity index (χ4n) is 3.97. The maximum absolute atomic E-state index is 13.0. The number of carbonyl (C=O) groups excluding carboxylic acids is 2. The molecule has 0 radical (unpaired) electrons. The monoisotopic (exact) mass is 473 g/mol. The Balaban J connectivity index is 1.35. The smallest absolute Gasteiger partial charge is 0.253 e. The first-order chi connectivity index (χ1) is 16.2. The van der Waals surface area contributed by atoms with E-state index in [1.807, 2.05) is 64.9 Å². The molecule has 5 nitrogen and oxygen atoms in total. The number of aromatic nitrogens is 1. The molecule has 0 unspecified atom stereocenters. The summed E-state index contributed by atoms with van der Waals surface area (Å²) in [4.78, 5) is 34.4. The highest BCUT2D eigenvalue weighted by Crippen LogP contribution is 2.36. The summed E-state index contributed by atoms with van der Waals surface area (Å²) in [6.07, 6.45) is 2.32. The quantitative estimate of drug-likeness (QED) is 0.376. The van der Waals surface area contributed by atoms with Crippen molar-refractivity contribution in [2.24, 2.45) is 0 Å². The zero-order chi connectivity index (χ0) is 22.6. The van der Waals surface area contributed by atoms with Crippen LogP contribution in [0.5, 0.6) is 0 Å². The molecule has 5 rings (SSSR count). The van der Waals surface area contributed by atoms with Crippen molar-refractivity contribution in [2.45, 2.75) is 19.3 Å². The zero-order valence-corrected chi connectivity index (χ0v) is 19.6. The number of amides is 2. The molecule has 166 valence electrons. The number of nitrogens with zero attached hydrogens (tertiary/aromatic N) is 2. The molecule has 1 fully saturated rings. The Morgan fingerprint density at radius 1 is 0.970 bits per heavy atom. The molecule has 0 spiro atoms. The number of carbonyl (C=O) groups is 2. The lowest BCUT2D eigenvalue weighted by atomic mass is 10.1. The Labute approximate surface area is 200 Å². The Bertz CT molecular complexity index is 1260. The predicted molar refractivity (Wildman–Crippen MR) is 135 cm³/mol. The molecule has 2 aromatic carbocycles. The van der Waals surface area contributed by atoms with E-state index in [1.165, 1.54) is 0 Å². The lowest BCUT2D eigenvalue weighted by Crippen LogP contribution is -2.27. The van der Waals surface area contributed by atoms with Gasteiger partial charge in [-0.25, -0.2) is 4.98 Å². The van der Waals surface area contributed by atoms with Crippen molar-refractivity contribution in [1.82, 2.24) is 9.88 Å². The molecular formula is C26H23N3O2S2. The van der Waals surface area contributed by atoms with Gasteiger partial charge in [0.25, 0.3) is 5.91 Å². The van der Waals surface area contributed by atoms with E-state index in [1.54, 1.807) is 34.8 Å². The van der Waals surface area contributed by atoms with Gasteiger partial charge >= 0.3 is 0 Å². The number of anilines is 1. The first-order valence-corrected chi connectivity index (χ1v) is 12.7. The average molecular weight is 474 g/mol. The van der Waals surface area contributed by atoms with Gasteiger partial charge in [0.2, 0.25) is 5.91 Å². The topological polar surface area (TPSA) is 62.3 Å². The minimum absolute atomic E-state index is 0.0264. The van der Waals surface area contributed by atoms with E-state index in [9.17, 15) is 9.59 Å². The lowest BCUT2D eigenvalue weighted by molar-refractivity contribution is -0.115. The van der Waals surface area contributed by atoms with E-state index in [0.29, 0.717) is 11.3 Å². The van der Waals surface area contributed by atoms with Gasteiger partial charge in [0, 0.05) is 34.8 Å². The first kappa shape index (κ1) is 21.6. The summed E-state index contributed by atoms with van der Waals surface area (Å²) in [5.74, 6) is -0.0969. The molecule has 7 heteroatoms.